The van der Waals surface area contributed by atoms with Crippen molar-refractivity contribution in [1.82, 2.24) is 9.97 Å². The molecule has 1 unspecified atom stereocenters. The Balaban J connectivity index is 2.09. The summed E-state index contributed by atoms with van der Waals surface area (Å²) in [6, 6.07) is 6.07. The van der Waals surface area contributed by atoms with E-state index in [1.165, 1.54) is 4.88 Å². The van der Waals surface area contributed by atoms with Gasteiger partial charge in [-0.2, -0.15) is 0 Å². The summed E-state index contributed by atoms with van der Waals surface area (Å²) in [4.78, 5) is 9.52. The number of thiophene rings is 1. The van der Waals surface area contributed by atoms with Crippen molar-refractivity contribution in [3.05, 3.63) is 33.7 Å². The second kappa shape index (κ2) is 5.71. The van der Waals surface area contributed by atoms with Crippen LogP contribution in [0.25, 0.3) is 0 Å². The van der Waals surface area contributed by atoms with E-state index in [0.717, 1.165) is 15.2 Å². The van der Waals surface area contributed by atoms with Crippen LogP contribution in [0.15, 0.2) is 29.6 Å². The molecule has 0 amide bonds. The van der Waals surface area contributed by atoms with Crippen LogP contribution < -0.4 is 5.32 Å². The summed E-state index contributed by atoms with van der Waals surface area (Å²) in [5, 5.41) is 4.29. The molecule has 17 heavy (non-hydrogen) atoms. The first-order valence-corrected chi connectivity index (χ1v) is 7.49. The smallest absolute Gasteiger partial charge is 0.130 e. The van der Waals surface area contributed by atoms with Crippen LogP contribution in [-0.4, -0.2) is 16.2 Å². The Morgan fingerprint density at radius 3 is 2.88 bits per heavy atom. The van der Waals surface area contributed by atoms with E-state index < -0.39 is 0 Å². The third-order valence-electron chi connectivity index (χ3n) is 2.24. The second-order valence-electron chi connectivity index (χ2n) is 3.45. The van der Waals surface area contributed by atoms with Crippen LogP contribution in [-0.2, 0) is 0 Å². The summed E-state index contributed by atoms with van der Waals surface area (Å²) >= 11 is 9.10. The molecule has 0 saturated heterocycles. The van der Waals surface area contributed by atoms with Crippen molar-refractivity contribution in [2.24, 2.45) is 0 Å². The summed E-state index contributed by atoms with van der Waals surface area (Å²) < 4.78 is 0.807. The molecule has 90 valence electrons. The molecule has 2 aromatic rings. The lowest BCUT2D eigenvalue weighted by Gasteiger charge is -2.12. The topological polar surface area (TPSA) is 37.8 Å². The summed E-state index contributed by atoms with van der Waals surface area (Å²) in [5.74, 6) is 0.835. The zero-order chi connectivity index (χ0) is 12.3. The van der Waals surface area contributed by atoms with Gasteiger partial charge in [0.25, 0.3) is 0 Å². The van der Waals surface area contributed by atoms with E-state index in [0.29, 0.717) is 0 Å². The zero-order valence-corrected chi connectivity index (χ0v) is 11.9. The van der Waals surface area contributed by atoms with Gasteiger partial charge in [0.15, 0.2) is 0 Å². The molecule has 6 heteroatoms. The van der Waals surface area contributed by atoms with Gasteiger partial charge in [-0.15, -0.1) is 23.1 Å². The predicted octanol–water partition coefficient (Wildman–Crippen LogP) is 4.09. The maximum absolute atomic E-state index is 5.92. The number of halogens is 1. The Morgan fingerprint density at radius 1 is 1.41 bits per heavy atom. The largest absolute Gasteiger partial charge is 0.363 e. The fraction of sp³-hybridized carbons (Fsp3) is 0.273. The molecule has 0 fully saturated rings. The lowest BCUT2D eigenvalue weighted by Crippen LogP contribution is -2.06. The third kappa shape index (κ3) is 3.34. The van der Waals surface area contributed by atoms with E-state index in [2.05, 4.69) is 22.2 Å². The molecule has 3 nitrogen and oxygen atoms in total. The van der Waals surface area contributed by atoms with E-state index >= 15 is 0 Å². The van der Waals surface area contributed by atoms with E-state index in [1.54, 1.807) is 29.4 Å². The molecule has 0 aliphatic heterocycles. The molecule has 2 rings (SSSR count). The van der Waals surface area contributed by atoms with Crippen molar-refractivity contribution < 1.29 is 0 Å². The van der Waals surface area contributed by atoms with Crippen molar-refractivity contribution in [1.29, 1.82) is 0 Å². The summed E-state index contributed by atoms with van der Waals surface area (Å²) in [5.41, 5.74) is 0. The van der Waals surface area contributed by atoms with E-state index in [-0.39, 0.29) is 6.04 Å². The Bertz CT molecular complexity index is 501. The van der Waals surface area contributed by atoms with Gasteiger partial charge in [-0.1, -0.05) is 11.6 Å². The minimum Gasteiger partial charge on any atom is -0.363 e. The average Bonchev–Trinajstić information content (AvgIpc) is 2.76. The highest BCUT2D eigenvalue weighted by Crippen LogP contribution is 2.28. The predicted molar refractivity (Wildman–Crippen MR) is 75.2 cm³/mol. The molecule has 0 bridgehead atoms. The molecule has 2 aromatic heterocycles. The van der Waals surface area contributed by atoms with Gasteiger partial charge in [-0.3, -0.25) is 0 Å². The molecule has 0 aliphatic rings. The first-order valence-electron chi connectivity index (χ1n) is 5.07. The van der Waals surface area contributed by atoms with Gasteiger partial charge < -0.3 is 5.32 Å². The van der Waals surface area contributed by atoms with E-state index in [4.69, 9.17) is 11.6 Å². The highest BCUT2D eigenvalue weighted by atomic mass is 35.5. The number of rotatable bonds is 4. The van der Waals surface area contributed by atoms with Crippen LogP contribution >= 0.6 is 34.7 Å². The van der Waals surface area contributed by atoms with Crippen LogP contribution in [0.4, 0.5) is 5.82 Å². The van der Waals surface area contributed by atoms with Crippen LogP contribution in [0.1, 0.15) is 17.8 Å². The van der Waals surface area contributed by atoms with Crippen molar-refractivity contribution in [2.45, 2.75) is 18.0 Å². The number of hydrogen-bond donors (Lipinski definition) is 1. The van der Waals surface area contributed by atoms with Gasteiger partial charge in [0, 0.05) is 10.9 Å². The Labute approximate surface area is 114 Å². The minimum absolute atomic E-state index is 0.192. The first kappa shape index (κ1) is 12.7. The van der Waals surface area contributed by atoms with Crippen molar-refractivity contribution in [3.8, 4) is 0 Å². The molecule has 2 heterocycles. The second-order valence-corrected chi connectivity index (χ2v) is 6.03. The van der Waals surface area contributed by atoms with Crippen LogP contribution in [0.5, 0.6) is 0 Å². The van der Waals surface area contributed by atoms with Crippen LogP contribution in [0, 0.1) is 0 Å². The fourth-order valence-electron chi connectivity index (χ4n) is 1.38. The highest BCUT2D eigenvalue weighted by molar-refractivity contribution is 7.98. The number of nitrogens with zero attached hydrogens (tertiary/aromatic N) is 2. The molecule has 0 radical (unpaired) electrons. The Hall–Kier alpha value is -0.780. The van der Waals surface area contributed by atoms with Gasteiger partial charge in [-0.05, 0) is 25.3 Å². The van der Waals surface area contributed by atoms with Gasteiger partial charge in [0.05, 0.1) is 10.4 Å². The number of thioether (sulfide) groups is 1. The van der Waals surface area contributed by atoms with E-state index in [1.807, 2.05) is 24.5 Å². The minimum atomic E-state index is 0.192. The van der Waals surface area contributed by atoms with Gasteiger partial charge in [0.1, 0.15) is 17.2 Å². The van der Waals surface area contributed by atoms with Crippen molar-refractivity contribution in [3.63, 3.8) is 0 Å². The first-order chi connectivity index (χ1) is 8.19. The summed E-state index contributed by atoms with van der Waals surface area (Å²) in [7, 11) is 0. The molecule has 0 aliphatic carbocycles. The molecule has 1 N–H and O–H groups in total. The van der Waals surface area contributed by atoms with Crippen molar-refractivity contribution in [2.75, 3.05) is 11.6 Å². The fourth-order valence-corrected chi connectivity index (χ4v) is 2.83. The van der Waals surface area contributed by atoms with Crippen molar-refractivity contribution >= 4 is 40.5 Å². The van der Waals surface area contributed by atoms with Crippen LogP contribution in [0.3, 0.4) is 0 Å². The maximum Gasteiger partial charge on any atom is 0.130 e. The van der Waals surface area contributed by atoms with Gasteiger partial charge in [0.2, 0.25) is 0 Å². The Morgan fingerprint density at radius 2 is 2.24 bits per heavy atom. The van der Waals surface area contributed by atoms with Crippen LogP contribution in [0.2, 0.25) is 4.34 Å². The highest BCUT2D eigenvalue weighted by Gasteiger charge is 2.09. The number of nitrogens with one attached hydrogen (secondary N) is 1. The SMILES string of the molecule is CSc1cc(NC(C)c2ccc(Cl)s2)ncn1. The third-order valence-corrected chi connectivity index (χ3v) is 4.29. The monoisotopic (exact) mass is 285 g/mol. The molecular formula is C11H12ClN3S2. The number of hydrogen-bond acceptors (Lipinski definition) is 5. The Kier molecular flexibility index (Phi) is 4.25. The summed E-state index contributed by atoms with van der Waals surface area (Å²) in [6.45, 7) is 2.09. The molecule has 1 atom stereocenters. The molecule has 0 aromatic carbocycles. The number of anilines is 1. The quantitative estimate of drug-likeness (QED) is 0.678. The maximum atomic E-state index is 5.92. The van der Waals surface area contributed by atoms with Gasteiger partial charge >= 0.3 is 0 Å². The standard InChI is InChI=1S/C11H12ClN3S2/c1-7(8-3-4-9(12)17-8)15-10-5-11(16-2)14-6-13-10/h3-7H,1-2H3,(H,13,14,15). The van der Waals surface area contributed by atoms with Gasteiger partial charge in [-0.25, -0.2) is 9.97 Å². The molecule has 0 saturated carbocycles. The van der Waals surface area contributed by atoms with E-state index in [9.17, 15) is 0 Å². The lowest BCUT2D eigenvalue weighted by atomic mass is 10.3. The summed E-state index contributed by atoms with van der Waals surface area (Å²) in [6.07, 6.45) is 3.57. The molecular weight excluding hydrogens is 274 g/mol. The average molecular weight is 286 g/mol. The zero-order valence-electron chi connectivity index (χ0n) is 9.48. The normalized spacial score (nSPS) is 12.4. The molecule has 0 spiro atoms. The lowest BCUT2D eigenvalue weighted by molar-refractivity contribution is 0.886. The number of aromatic nitrogens is 2.